The van der Waals surface area contributed by atoms with E-state index in [1.54, 1.807) is 29.4 Å². The molecule has 0 saturated heterocycles. The first kappa shape index (κ1) is 20.8. The van der Waals surface area contributed by atoms with E-state index in [9.17, 15) is 4.79 Å². The molecule has 4 aromatic rings. The molecule has 2 heterocycles. The van der Waals surface area contributed by atoms with Crippen molar-refractivity contribution in [3.63, 3.8) is 0 Å². The van der Waals surface area contributed by atoms with Crippen molar-refractivity contribution < 1.29 is 14.3 Å². The number of hydrogen-bond donors (Lipinski definition) is 0. The normalized spacial score (nSPS) is 10.8. The van der Waals surface area contributed by atoms with Gasteiger partial charge in [0.05, 0.1) is 24.5 Å². The van der Waals surface area contributed by atoms with Crippen LogP contribution in [0, 0.1) is 0 Å². The van der Waals surface area contributed by atoms with Gasteiger partial charge < -0.3 is 9.47 Å². The fourth-order valence-corrected chi connectivity index (χ4v) is 4.20. The average molecular weight is 434 g/mol. The van der Waals surface area contributed by atoms with E-state index >= 15 is 0 Å². The Kier molecular flexibility index (Phi) is 6.43. The molecule has 0 radical (unpaired) electrons. The van der Waals surface area contributed by atoms with Crippen LogP contribution in [0.1, 0.15) is 29.8 Å². The zero-order valence-corrected chi connectivity index (χ0v) is 18.3. The van der Waals surface area contributed by atoms with Crippen LogP contribution in [-0.2, 0) is 6.54 Å². The van der Waals surface area contributed by atoms with Crippen molar-refractivity contribution in [1.82, 2.24) is 9.97 Å². The van der Waals surface area contributed by atoms with Crippen molar-refractivity contribution in [2.24, 2.45) is 0 Å². The van der Waals surface area contributed by atoms with E-state index in [-0.39, 0.29) is 5.91 Å². The van der Waals surface area contributed by atoms with Crippen LogP contribution in [0.15, 0.2) is 67.0 Å². The quantitative estimate of drug-likeness (QED) is 0.375. The summed E-state index contributed by atoms with van der Waals surface area (Å²) in [5.74, 6) is 1.32. The Hall–Kier alpha value is -3.45. The van der Waals surface area contributed by atoms with Crippen LogP contribution in [0.4, 0.5) is 5.13 Å². The number of pyridine rings is 1. The van der Waals surface area contributed by atoms with Gasteiger partial charge in [0, 0.05) is 18.0 Å². The van der Waals surface area contributed by atoms with E-state index in [1.807, 2.05) is 56.3 Å². The number of nitrogens with zero attached hydrogens (tertiary/aromatic N) is 3. The number of anilines is 1. The highest BCUT2D eigenvalue weighted by Crippen LogP contribution is 2.35. The molecule has 0 unspecified atom stereocenters. The first-order valence-corrected chi connectivity index (χ1v) is 11.0. The summed E-state index contributed by atoms with van der Waals surface area (Å²) < 4.78 is 12.2. The molecule has 2 aromatic carbocycles. The van der Waals surface area contributed by atoms with Gasteiger partial charge in [0.1, 0.15) is 17.0 Å². The van der Waals surface area contributed by atoms with Gasteiger partial charge in [-0.3, -0.25) is 14.7 Å². The zero-order chi connectivity index (χ0) is 21.6. The highest BCUT2D eigenvalue weighted by molar-refractivity contribution is 7.22. The summed E-state index contributed by atoms with van der Waals surface area (Å²) in [6.07, 6.45) is 3.48. The summed E-state index contributed by atoms with van der Waals surface area (Å²) in [6, 6.07) is 16.8. The number of fused-ring (bicyclic) bond motifs is 1. The molecule has 0 fully saturated rings. The number of carbonyl (C=O) groups excluding carboxylic acids is 1. The molecule has 0 atom stereocenters. The topological polar surface area (TPSA) is 64.5 Å². The molecule has 0 saturated carbocycles. The molecule has 158 valence electrons. The minimum absolute atomic E-state index is 0.135. The summed E-state index contributed by atoms with van der Waals surface area (Å²) in [5, 5.41) is 0.616. The lowest BCUT2D eigenvalue weighted by Gasteiger charge is -2.20. The van der Waals surface area contributed by atoms with E-state index in [0.717, 1.165) is 27.3 Å². The van der Waals surface area contributed by atoms with Crippen molar-refractivity contribution in [2.75, 3.05) is 18.1 Å². The lowest BCUT2D eigenvalue weighted by atomic mass is 10.2. The number of amides is 1. The number of rotatable bonds is 8. The standard InChI is InChI=1S/C24H23N3O3S/c1-3-29-19-12-10-18(11-13-19)23(28)27(16-17-7-6-14-25-15-17)24-26-22-20(30-4-2)8-5-9-21(22)31-24/h5-15H,3-4,16H2,1-2H3. The first-order chi connectivity index (χ1) is 15.2. The second kappa shape index (κ2) is 9.57. The molecule has 4 rings (SSSR count). The van der Waals surface area contributed by atoms with Gasteiger partial charge in [-0.2, -0.15) is 0 Å². The molecule has 31 heavy (non-hydrogen) atoms. The minimum atomic E-state index is -0.135. The molecule has 7 heteroatoms. The largest absolute Gasteiger partial charge is 0.494 e. The Bertz CT molecular complexity index is 1160. The van der Waals surface area contributed by atoms with Crippen LogP contribution in [0.5, 0.6) is 11.5 Å². The maximum absolute atomic E-state index is 13.5. The van der Waals surface area contributed by atoms with Crippen molar-refractivity contribution in [3.8, 4) is 11.5 Å². The van der Waals surface area contributed by atoms with Gasteiger partial charge in [0.15, 0.2) is 5.13 Å². The van der Waals surface area contributed by atoms with Crippen molar-refractivity contribution in [3.05, 3.63) is 78.1 Å². The van der Waals surface area contributed by atoms with Gasteiger partial charge in [-0.1, -0.05) is 23.5 Å². The lowest BCUT2D eigenvalue weighted by Crippen LogP contribution is -2.30. The molecular weight excluding hydrogens is 410 g/mol. The predicted molar refractivity (Wildman–Crippen MR) is 123 cm³/mol. The van der Waals surface area contributed by atoms with E-state index in [0.29, 0.717) is 30.5 Å². The molecule has 0 aliphatic rings. The molecular formula is C24H23N3O3S. The molecule has 0 aliphatic heterocycles. The Morgan fingerprint density at radius 2 is 1.81 bits per heavy atom. The van der Waals surface area contributed by atoms with E-state index in [2.05, 4.69) is 4.98 Å². The smallest absolute Gasteiger partial charge is 0.260 e. The van der Waals surface area contributed by atoms with Gasteiger partial charge >= 0.3 is 0 Å². The molecule has 0 aliphatic carbocycles. The zero-order valence-electron chi connectivity index (χ0n) is 17.4. The van der Waals surface area contributed by atoms with E-state index in [4.69, 9.17) is 14.5 Å². The molecule has 0 spiro atoms. The molecule has 1 amide bonds. The summed E-state index contributed by atoms with van der Waals surface area (Å²) in [6.45, 7) is 5.36. The second-order valence-corrected chi connectivity index (χ2v) is 7.75. The summed E-state index contributed by atoms with van der Waals surface area (Å²) in [7, 11) is 0. The maximum atomic E-state index is 13.5. The van der Waals surface area contributed by atoms with Gasteiger partial charge in [0.2, 0.25) is 0 Å². The van der Waals surface area contributed by atoms with E-state index < -0.39 is 0 Å². The van der Waals surface area contributed by atoms with Gasteiger partial charge in [-0.05, 0) is 61.9 Å². The summed E-state index contributed by atoms with van der Waals surface area (Å²) in [5.41, 5.74) is 2.25. The Morgan fingerprint density at radius 3 is 2.52 bits per heavy atom. The molecule has 2 aromatic heterocycles. The van der Waals surface area contributed by atoms with Crippen LogP contribution in [0.2, 0.25) is 0 Å². The number of para-hydroxylation sites is 1. The third-order valence-electron chi connectivity index (χ3n) is 4.62. The Labute approximate surface area is 185 Å². The second-order valence-electron chi connectivity index (χ2n) is 6.74. The van der Waals surface area contributed by atoms with Crippen molar-refractivity contribution in [2.45, 2.75) is 20.4 Å². The third kappa shape index (κ3) is 4.67. The third-order valence-corrected chi connectivity index (χ3v) is 5.67. The fraction of sp³-hybridized carbons (Fsp3) is 0.208. The van der Waals surface area contributed by atoms with Crippen LogP contribution in [0.25, 0.3) is 10.2 Å². The van der Waals surface area contributed by atoms with Crippen molar-refractivity contribution in [1.29, 1.82) is 0 Å². The first-order valence-electron chi connectivity index (χ1n) is 10.2. The number of carbonyl (C=O) groups is 1. The highest BCUT2D eigenvalue weighted by Gasteiger charge is 2.23. The lowest BCUT2D eigenvalue weighted by molar-refractivity contribution is 0.0985. The van der Waals surface area contributed by atoms with Gasteiger partial charge in [0.25, 0.3) is 5.91 Å². The SMILES string of the molecule is CCOc1ccc(C(=O)N(Cc2cccnc2)c2nc3c(OCC)cccc3s2)cc1. The molecule has 0 N–H and O–H groups in total. The van der Waals surface area contributed by atoms with Gasteiger partial charge in [-0.15, -0.1) is 0 Å². The predicted octanol–water partition coefficient (Wildman–Crippen LogP) is 5.34. The number of benzene rings is 2. The molecule has 0 bridgehead atoms. The monoisotopic (exact) mass is 433 g/mol. The van der Waals surface area contributed by atoms with Crippen molar-refractivity contribution >= 4 is 32.6 Å². The van der Waals surface area contributed by atoms with Crippen LogP contribution in [0.3, 0.4) is 0 Å². The van der Waals surface area contributed by atoms with Gasteiger partial charge in [-0.25, -0.2) is 4.98 Å². The summed E-state index contributed by atoms with van der Waals surface area (Å²) >= 11 is 1.47. The number of thiazole rings is 1. The number of ether oxygens (including phenoxy) is 2. The van der Waals surface area contributed by atoms with Crippen LogP contribution < -0.4 is 14.4 Å². The van der Waals surface area contributed by atoms with E-state index in [1.165, 1.54) is 11.3 Å². The average Bonchev–Trinajstić information content (AvgIpc) is 3.24. The fourth-order valence-electron chi connectivity index (χ4n) is 3.22. The van der Waals surface area contributed by atoms with Crippen LogP contribution >= 0.6 is 11.3 Å². The summed E-state index contributed by atoms with van der Waals surface area (Å²) in [4.78, 5) is 24.2. The Morgan fingerprint density at radius 1 is 1.00 bits per heavy atom. The number of hydrogen-bond acceptors (Lipinski definition) is 6. The molecule has 6 nitrogen and oxygen atoms in total. The Balaban J connectivity index is 1.73. The van der Waals surface area contributed by atoms with Crippen LogP contribution in [-0.4, -0.2) is 29.1 Å². The highest BCUT2D eigenvalue weighted by atomic mass is 32.1. The maximum Gasteiger partial charge on any atom is 0.260 e. The number of aromatic nitrogens is 2. The minimum Gasteiger partial charge on any atom is -0.494 e.